The molecule has 0 atom stereocenters. The Morgan fingerprint density at radius 3 is 2.93 bits per heavy atom. The maximum Gasteiger partial charge on any atom is 0.222 e. The molecule has 0 aliphatic rings. The van der Waals surface area contributed by atoms with E-state index in [0.29, 0.717) is 18.3 Å². The number of hydrogen-bond acceptors (Lipinski definition) is 4. The minimum Gasteiger partial charge on any atom is -0.473 e. The molecule has 4 heteroatoms. The maximum absolute atomic E-state index is 5.76. The van der Waals surface area contributed by atoms with Crippen molar-refractivity contribution in [2.45, 2.75) is 26.7 Å². The molecule has 0 aromatic carbocycles. The van der Waals surface area contributed by atoms with Crippen molar-refractivity contribution in [1.29, 1.82) is 0 Å². The highest BCUT2D eigenvalue weighted by molar-refractivity contribution is 5.44. The van der Waals surface area contributed by atoms with Crippen molar-refractivity contribution in [3.8, 4) is 5.88 Å². The van der Waals surface area contributed by atoms with Gasteiger partial charge in [0.1, 0.15) is 18.8 Å². The van der Waals surface area contributed by atoms with E-state index < -0.39 is 0 Å². The number of nitrogen functional groups attached to an aromatic ring is 1. The van der Waals surface area contributed by atoms with Gasteiger partial charge in [0.15, 0.2) is 0 Å². The Bertz CT molecular complexity index is 337. The fourth-order valence-electron chi connectivity index (χ4n) is 1.24. The van der Waals surface area contributed by atoms with Crippen molar-refractivity contribution in [1.82, 2.24) is 9.97 Å². The molecule has 0 radical (unpaired) electrons. The van der Waals surface area contributed by atoms with Crippen LogP contribution in [-0.2, 0) is 6.42 Å². The molecule has 82 valence electrons. The number of nitrogens with zero attached hydrogens (tertiary/aromatic N) is 2. The maximum atomic E-state index is 5.76. The molecular weight excluding hydrogens is 190 g/mol. The first-order chi connectivity index (χ1) is 7.29. The highest BCUT2D eigenvalue weighted by Gasteiger charge is 2.08. The molecule has 15 heavy (non-hydrogen) atoms. The smallest absolute Gasteiger partial charge is 0.222 e. The average Bonchev–Trinajstić information content (AvgIpc) is 2.23. The summed E-state index contributed by atoms with van der Waals surface area (Å²) >= 11 is 0. The zero-order valence-electron chi connectivity index (χ0n) is 9.23. The van der Waals surface area contributed by atoms with E-state index in [4.69, 9.17) is 10.5 Å². The van der Waals surface area contributed by atoms with Crippen LogP contribution in [0.1, 0.15) is 25.8 Å². The monoisotopic (exact) mass is 207 g/mol. The summed E-state index contributed by atoms with van der Waals surface area (Å²) in [5.41, 5.74) is 6.67. The molecule has 0 aliphatic carbocycles. The Kier molecular flexibility index (Phi) is 4.60. The van der Waals surface area contributed by atoms with Gasteiger partial charge in [0.05, 0.1) is 5.56 Å². The van der Waals surface area contributed by atoms with Crippen molar-refractivity contribution in [3.63, 3.8) is 0 Å². The Labute approximate surface area is 90.2 Å². The first kappa shape index (κ1) is 11.5. The summed E-state index contributed by atoms with van der Waals surface area (Å²) in [5.74, 6) is 1.12. The lowest BCUT2D eigenvalue weighted by Crippen LogP contribution is -2.05. The van der Waals surface area contributed by atoms with Gasteiger partial charge in [-0.1, -0.05) is 25.5 Å². The number of hydrogen-bond donors (Lipinski definition) is 1. The summed E-state index contributed by atoms with van der Waals surface area (Å²) in [6, 6.07) is 0. The van der Waals surface area contributed by atoms with Crippen molar-refractivity contribution >= 4 is 5.82 Å². The zero-order valence-corrected chi connectivity index (χ0v) is 9.23. The number of allylic oxidation sites excluding steroid dienone is 1. The molecule has 0 saturated heterocycles. The second-order valence-electron chi connectivity index (χ2n) is 3.17. The van der Waals surface area contributed by atoms with E-state index in [-0.39, 0.29) is 0 Å². The summed E-state index contributed by atoms with van der Waals surface area (Å²) in [4.78, 5) is 8.04. The van der Waals surface area contributed by atoms with Gasteiger partial charge in [0, 0.05) is 0 Å². The van der Waals surface area contributed by atoms with Crippen LogP contribution in [0.3, 0.4) is 0 Å². The van der Waals surface area contributed by atoms with Crippen molar-refractivity contribution in [2.24, 2.45) is 0 Å². The molecule has 0 amide bonds. The fraction of sp³-hybridized carbons (Fsp3) is 0.455. The molecule has 2 N–H and O–H groups in total. The standard InChI is InChI=1S/C11H17N3O/c1-3-5-7-15-11-9(6-4-2)10(12)13-8-14-11/h3,5,8H,4,6-7H2,1-2H3,(H2,12,13,14)/b5-3+. The van der Waals surface area contributed by atoms with Gasteiger partial charge in [-0.2, -0.15) is 0 Å². The van der Waals surface area contributed by atoms with E-state index in [1.54, 1.807) is 0 Å². The molecule has 0 fully saturated rings. The molecule has 1 aromatic rings. The normalized spacial score (nSPS) is 10.8. The quantitative estimate of drug-likeness (QED) is 0.750. The minimum atomic E-state index is 0.516. The summed E-state index contributed by atoms with van der Waals surface area (Å²) in [6.45, 7) is 4.55. The lowest BCUT2D eigenvalue weighted by molar-refractivity contribution is 0.343. The second kappa shape index (κ2) is 6.01. The lowest BCUT2D eigenvalue weighted by atomic mass is 10.2. The van der Waals surface area contributed by atoms with E-state index in [1.807, 2.05) is 19.1 Å². The molecule has 1 heterocycles. The Balaban J connectivity index is 2.80. The molecule has 0 saturated carbocycles. The minimum absolute atomic E-state index is 0.516. The number of nitrogens with two attached hydrogens (primary N) is 1. The molecule has 0 spiro atoms. The van der Waals surface area contributed by atoms with Crippen LogP contribution in [0.15, 0.2) is 18.5 Å². The summed E-state index contributed by atoms with van der Waals surface area (Å²) in [6.07, 6.45) is 7.13. The van der Waals surface area contributed by atoms with Gasteiger partial charge in [0.2, 0.25) is 5.88 Å². The third-order valence-electron chi connectivity index (χ3n) is 1.99. The summed E-state index contributed by atoms with van der Waals surface area (Å²) < 4.78 is 5.49. The van der Waals surface area contributed by atoms with Crippen LogP contribution in [0.2, 0.25) is 0 Å². The van der Waals surface area contributed by atoms with Gasteiger partial charge in [-0.15, -0.1) is 0 Å². The van der Waals surface area contributed by atoms with Crippen LogP contribution in [0, 0.1) is 0 Å². The first-order valence-electron chi connectivity index (χ1n) is 5.12. The summed E-state index contributed by atoms with van der Waals surface area (Å²) in [5, 5.41) is 0. The Morgan fingerprint density at radius 1 is 1.47 bits per heavy atom. The fourth-order valence-corrected chi connectivity index (χ4v) is 1.24. The highest BCUT2D eigenvalue weighted by atomic mass is 16.5. The van der Waals surface area contributed by atoms with Crippen LogP contribution in [0.25, 0.3) is 0 Å². The molecule has 1 rings (SSSR count). The van der Waals surface area contributed by atoms with E-state index in [0.717, 1.165) is 18.4 Å². The van der Waals surface area contributed by atoms with Crippen molar-refractivity contribution in [2.75, 3.05) is 12.3 Å². The van der Waals surface area contributed by atoms with Crippen molar-refractivity contribution < 1.29 is 4.74 Å². The largest absolute Gasteiger partial charge is 0.473 e. The second-order valence-corrected chi connectivity index (χ2v) is 3.17. The highest BCUT2D eigenvalue weighted by Crippen LogP contribution is 2.20. The Morgan fingerprint density at radius 2 is 2.27 bits per heavy atom. The number of anilines is 1. The van der Waals surface area contributed by atoms with Gasteiger partial charge < -0.3 is 10.5 Å². The van der Waals surface area contributed by atoms with Gasteiger partial charge in [0.25, 0.3) is 0 Å². The number of rotatable bonds is 5. The van der Waals surface area contributed by atoms with Crippen molar-refractivity contribution in [3.05, 3.63) is 24.0 Å². The predicted molar refractivity (Wildman–Crippen MR) is 60.7 cm³/mol. The van der Waals surface area contributed by atoms with Crippen LogP contribution < -0.4 is 10.5 Å². The third-order valence-corrected chi connectivity index (χ3v) is 1.99. The molecule has 4 nitrogen and oxygen atoms in total. The summed E-state index contributed by atoms with van der Waals surface area (Å²) in [7, 11) is 0. The SMILES string of the molecule is C/C=C/COc1ncnc(N)c1CCC. The molecule has 0 unspecified atom stereocenters. The molecule has 1 aromatic heterocycles. The van der Waals surface area contributed by atoms with Crippen LogP contribution in [0.4, 0.5) is 5.82 Å². The van der Waals surface area contributed by atoms with Gasteiger partial charge in [-0.3, -0.25) is 0 Å². The van der Waals surface area contributed by atoms with Gasteiger partial charge in [-0.05, 0) is 13.3 Å². The molecular formula is C11H17N3O. The Hall–Kier alpha value is -1.58. The topological polar surface area (TPSA) is 61.0 Å². The number of ether oxygens (including phenoxy) is 1. The third kappa shape index (κ3) is 3.23. The van der Waals surface area contributed by atoms with Crippen LogP contribution >= 0.6 is 0 Å². The average molecular weight is 207 g/mol. The lowest BCUT2D eigenvalue weighted by Gasteiger charge is -2.09. The number of aromatic nitrogens is 2. The van der Waals surface area contributed by atoms with Gasteiger partial charge in [-0.25, -0.2) is 9.97 Å². The zero-order chi connectivity index (χ0) is 11.1. The van der Waals surface area contributed by atoms with E-state index in [9.17, 15) is 0 Å². The van der Waals surface area contributed by atoms with E-state index in [1.165, 1.54) is 6.33 Å². The molecule has 0 bridgehead atoms. The van der Waals surface area contributed by atoms with E-state index in [2.05, 4.69) is 16.9 Å². The predicted octanol–water partition coefficient (Wildman–Crippen LogP) is 1.97. The first-order valence-corrected chi connectivity index (χ1v) is 5.12. The molecule has 0 aliphatic heterocycles. The van der Waals surface area contributed by atoms with Crippen LogP contribution in [0.5, 0.6) is 5.88 Å². The van der Waals surface area contributed by atoms with Gasteiger partial charge >= 0.3 is 0 Å². The van der Waals surface area contributed by atoms with E-state index >= 15 is 0 Å². The van der Waals surface area contributed by atoms with Crippen LogP contribution in [-0.4, -0.2) is 16.6 Å².